The monoisotopic (exact) mass is 458 g/mol. The van der Waals surface area contributed by atoms with Gasteiger partial charge >= 0.3 is 0 Å². The molecule has 6 heteroatoms. The molecule has 0 aliphatic carbocycles. The normalized spacial score (nSPS) is 18.5. The van der Waals surface area contributed by atoms with E-state index in [0.29, 0.717) is 23.1 Å². The van der Waals surface area contributed by atoms with Crippen molar-refractivity contribution < 1.29 is 27.0 Å². The first kappa shape index (κ1) is 23.5. The van der Waals surface area contributed by atoms with Gasteiger partial charge in [0, 0.05) is 17.0 Å². The summed E-state index contributed by atoms with van der Waals surface area (Å²) in [6.07, 6.45) is 1.77. The molecule has 3 aromatic carbocycles. The summed E-state index contributed by atoms with van der Waals surface area (Å²) in [5.41, 5.74) is 1.63. The molecule has 0 radical (unpaired) electrons. The van der Waals surface area contributed by atoms with Crippen molar-refractivity contribution >= 4 is 0 Å². The lowest BCUT2D eigenvalue weighted by molar-refractivity contribution is -0.190. The largest absolute Gasteiger partial charge is 0.352 e. The highest BCUT2D eigenvalue weighted by Crippen LogP contribution is 2.34. The predicted octanol–water partition coefficient (Wildman–Crippen LogP) is 7.40. The van der Waals surface area contributed by atoms with Crippen LogP contribution in [0.4, 0.5) is 17.6 Å². The SMILES string of the molecule is CCCC1OCC(c2ccc(-c3ccc(-c4ccc(CC)c(F)c4F)cc3)c(F)c2F)CO1. The van der Waals surface area contributed by atoms with Crippen LogP contribution in [0, 0.1) is 23.3 Å². The molecule has 33 heavy (non-hydrogen) atoms. The number of benzene rings is 3. The van der Waals surface area contributed by atoms with Crippen LogP contribution in [-0.2, 0) is 15.9 Å². The molecule has 2 nitrogen and oxygen atoms in total. The summed E-state index contributed by atoms with van der Waals surface area (Å²) in [7, 11) is 0. The fourth-order valence-electron chi connectivity index (χ4n) is 4.14. The molecule has 0 amide bonds. The highest BCUT2D eigenvalue weighted by atomic mass is 19.2. The Morgan fingerprint density at radius 2 is 1.24 bits per heavy atom. The summed E-state index contributed by atoms with van der Waals surface area (Å²) in [6.45, 7) is 4.32. The highest BCUT2D eigenvalue weighted by molar-refractivity contribution is 5.71. The minimum absolute atomic E-state index is 0.0947. The van der Waals surface area contributed by atoms with E-state index in [4.69, 9.17) is 9.47 Å². The lowest BCUT2D eigenvalue weighted by Gasteiger charge is -2.29. The Balaban J connectivity index is 1.57. The van der Waals surface area contributed by atoms with Gasteiger partial charge in [0.25, 0.3) is 0 Å². The Labute approximate surface area is 191 Å². The summed E-state index contributed by atoms with van der Waals surface area (Å²) >= 11 is 0. The molecule has 0 unspecified atom stereocenters. The summed E-state index contributed by atoms with van der Waals surface area (Å²) in [5.74, 6) is -4.04. The summed E-state index contributed by atoms with van der Waals surface area (Å²) in [4.78, 5) is 0. The Morgan fingerprint density at radius 3 is 1.79 bits per heavy atom. The molecular weight excluding hydrogens is 432 g/mol. The van der Waals surface area contributed by atoms with Crippen LogP contribution < -0.4 is 0 Å². The molecule has 1 aliphatic heterocycles. The van der Waals surface area contributed by atoms with Gasteiger partial charge in [0.05, 0.1) is 13.2 Å². The standard InChI is InChI=1S/C27H26F4O2/c1-3-5-23-32-14-19(15-33-23)22-13-12-21(26(30)27(22)31)18-8-6-17(7-9-18)20-11-10-16(4-2)24(28)25(20)29/h6-13,19,23H,3-5,14-15H2,1-2H3. The van der Waals surface area contributed by atoms with Crippen LogP contribution in [0.5, 0.6) is 0 Å². The maximum absolute atomic E-state index is 15.0. The molecule has 0 atom stereocenters. The zero-order chi connectivity index (χ0) is 23.5. The van der Waals surface area contributed by atoms with Crippen LogP contribution in [0.1, 0.15) is 43.7 Å². The highest BCUT2D eigenvalue weighted by Gasteiger charge is 2.27. The van der Waals surface area contributed by atoms with Crippen molar-refractivity contribution in [2.45, 2.75) is 45.3 Å². The predicted molar refractivity (Wildman–Crippen MR) is 120 cm³/mol. The molecule has 0 aromatic heterocycles. The Hall–Kier alpha value is -2.70. The Morgan fingerprint density at radius 1 is 0.697 bits per heavy atom. The van der Waals surface area contributed by atoms with Gasteiger partial charge in [0.2, 0.25) is 0 Å². The van der Waals surface area contributed by atoms with Gasteiger partial charge in [-0.05, 0) is 35.1 Å². The molecule has 4 rings (SSSR count). The first-order chi connectivity index (χ1) is 15.9. The summed E-state index contributed by atoms with van der Waals surface area (Å²) in [5, 5.41) is 0. The first-order valence-electron chi connectivity index (χ1n) is 11.2. The third-order valence-corrected chi connectivity index (χ3v) is 6.09. The van der Waals surface area contributed by atoms with Crippen LogP contribution in [-0.4, -0.2) is 19.5 Å². The van der Waals surface area contributed by atoms with Crippen LogP contribution >= 0.6 is 0 Å². The topological polar surface area (TPSA) is 18.5 Å². The molecule has 3 aromatic rings. The minimum atomic E-state index is -0.958. The van der Waals surface area contributed by atoms with E-state index in [9.17, 15) is 17.6 Å². The molecule has 0 bridgehead atoms. The fraction of sp³-hybridized carbons (Fsp3) is 0.333. The number of rotatable bonds is 6. The second-order valence-corrected chi connectivity index (χ2v) is 8.24. The van der Waals surface area contributed by atoms with Gasteiger partial charge in [-0.25, -0.2) is 17.6 Å². The lowest BCUT2D eigenvalue weighted by Crippen LogP contribution is -2.31. The van der Waals surface area contributed by atoms with Crippen LogP contribution in [0.2, 0.25) is 0 Å². The maximum atomic E-state index is 15.0. The molecule has 174 valence electrons. The van der Waals surface area contributed by atoms with Gasteiger partial charge in [0.1, 0.15) is 0 Å². The van der Waals surface area contributed by atoms with E-state index in [-0.39, 0.29) is 42.1 Å². The van der Waals surface area contributed by atoms with Crippen molar-refractivity contribution in [3.8, 4) is 22.3 Å². The molecule has 1 saturated heterocycles. The molecule has 0 spiro atoms. The second kappa shape index (κ2) is 10.1. The van der Waals surface area contributed by atoms with E-state index in [2.05, 4.69) is 0 Å². The molecule has 0 N–H and O–H groups in total. The van der Waals surface area contributed by atoms with Crippen LogP contribution in [0.25, 0.3) is 22.3 Å². The average Bonchev–Trinajstić information content (AvgIpc) is 2.84. The molecular formula is C27H26F4O2. The number of hydrogen-bond donors (Lipinski definition) is 0. The second-order valence-electron chi connectivity index (χ2n) is 8.24. The van der Waals surface area contributed by atoms with E-state index < -0.39 is 23.3 Å². The van der Waals surface area contributed by atoms with Crippen LogP contribution in [0.15, 0.2) is 48.5 Å². The van der Waals surface area contributed by atoms with Crippen molar-refractivity contribution in [1.29, 1.82) is 0 Å². The van der Waals surface area contributed by atoms with E-state index in [1.807, 2.05) is 6.92 Å². The van der Waals surface area contributed by atoms with Crippen LogP contribution in [0.3, 0.4) is 0 Å². The molecule has 1 heterocycles. The van der Waals surface area contributed by atoms with E-state index in [1.165, 1.54) is 12.1 Å². The van der Waals surface area contributed by atoms with Gasteiger partial charge in [0.15, 0.2) is 29.6 Å². The Bertz CT molecular complexity index is 1120. The van der Waals surface area contributed by atoms with E-state index in [1.54, 1.807) is 43.3 Å². The lowest BCUT2D eigenvalue weighted by atomic mass is 9.94. The fourth-order valence-corrected chi connectivity index (χ4v) is 4.14. The average molecular weight is 458 g/mol. The molecule has 1 aliphatic rings. The quantitative estimate of drug-likeness (QED) is 0.359. The van der Waals surface area contributed by atoms with Gasteiger partial charge in [-0.3, -0.25) is 0 Å². The summed E-state index contributed by atoms with van der Waals surface area (Å²) < 4.78 is 69.7. The van der Waals surface area contributed by atoms with Gasteiger partial charge in [-0.15, -0.1) is 0 Å². The Kier molecular flexibility index (Phi) is 7.15. The molecule has 0 saturated carbocycles. The molecule has 1 fully saturated rings. The number of halogens is 4. The van der Waals surface area contributed by atoms with Gasteiger partial charge in [-0.2, -0.15) is 0 Å². The van der Waals surface area contributed by atoms with Crippen molar-refractivity contribution in [1.82, 2.24) is 0 Å². The summed E-state index contributed by atoms with van der Waals surface area (Å²) in [6, 6.07) is 12.4. The zero-order valence-corrected chi connectivity index (χ0v) is 18.6. The third-order valence-electron chi connectivity index (χ3n) is 6.09. The van der Waals surface area contributed by atoms with E-state index in [0.717, 1.165) is 12.8 Å². The van der Waals surface area contributed by atoms with Crippen molar-refractivity contribution in [2.75, 3.05) is 13.2 Å². The van der Waals surface area contributed by atoms with Crippen molar-refractivity contribution in [3.05, 3.63) is 82.9 Å². The number of aryl methyl sites for hydroxylation is 1. The van der Waals surface area contributed by atoms with Crippen molar-refractivity contribution in [3.63, 3.8) is 0 Å². The van der Waals surface area contributed by atoms with Gasteiger partial charge < -0.3 is 9.47 Å². The number of ether oxygens (including phenoxy) is 2. The zero-order valence-electron chi connectivity index (χ0n) is 18.6. The van der Waals surface area contributed by atoms with Gasteiger partial charge in [-0.1, -0.05) is 68.8 Å². The smallest absolute Gasteiger partial charge is 0.166 e. The van der Waals surface area contributed by atoms with E-state index >= 15 is 0 Å². The number of hydrogen-bond acceptors (Lipinski definition) is 2. The van der Waals surface area contributed by atoms with Crippen molar-refractivity contribution in [2.24, 2.45) is 0 Å². The first-order valence-corrected chi connectivity index (χ1v) is 11.2. The third kappa shape index (κ3) is 4.68. The minimum Gasteiger partial charge on any atom is -0.352 e. The maximum Gasteiger partial charge on any atom is 0.166 e.